The predicted octanol–water partition coefficient (Wildman–Crippen LogP) is 2.84. The van der Waals surface area contributed by atoms with Gasteiger partial charge in [0.15, 0.2) is 0 Å². The number of likely N-dealkylation sites (tertiary alicyclic amines) is 2. The molecular weight excluding hydrogens is 399 g/mol. The van der Waals surface area contributed by atoms with Crippen molar-refractivity contribution in [3.63, 3.8) is 0 Å². The lowest BCUT2D eigenvalue weighted by atomic mass is 9.97. The number of ether oxygens (including phenoxy) is 1. The maximum Gasteiger partial charge on any atom is 0.323 e. The molecule has 2 aliphatic heterocycles. The molecule has 3 N–H and O–H groups in total. The normalized spacial score (nSPS) is 18.1. The van der Waals surface area contributed by atoms with Crippen molar-refractivity contribution in [1.29, 1.82) is 0 Å². The van der Waals surface area contributed by atoms with E-state index >= 15 is 0 Å². The van der Waals surface area contributed by atoms with Gasteiger partial charge in [-0.05, 0) is 45.1 Å². The molecule has 0 bridgehead atoms. The fraction of sp³-hybridized carbons (Fsp3) is 0.455. The zero-order valence-electron chi connectivity index (χ0n) is 17.9. The Morgan fingerprint density at radius 3 is 2.58 bits per heavy atom. The first-order valence-corrected chi connectivity index (χ1v) is 10.5. The molecule has 4 rings (SSSR count). The van der Waals surface area contributed by atoms with Gasteiger partial charge >= 0.3 is 6.03 Å². The number of anilines is 2. The van der Waals surface area contributed by atoms with Gasteiger partial charge in [-0.1, -0.05) is 0 Å². The molecule has 0 unspecified atom stereocenters. The summed E-state index contributed by atoms with van der Waals surface area (Å²) in [6.07, 6.45) is 3.50. The minimum Gasteiger partial charge on any atom is -0.457 e. The van der Waals surface area contributed by atoms with Gasteiger partial charge in [0.2, 0.25) is 0 Å². The van der Waals surface area contributed by atoms with Crippen molar-refractivity contribution < 1.29 is 13.9 Å². The van der Waals surface area contributed by atoms with Gasteiger partial charge in [0.1, 0.15) is 23.1 Å². The first-order chi connectivity index (χ1) is 14.9. The summed E-state index contributed by atoms with van der Waals surface area (Å²) in [7, 11) is 4.24. The Kier molecular flexibility index (Phi) is 6.24. The topological polar surface area (TPSA) is 87.0 Å². The third-order valence-corrected chi connectivity index (χ3v) is 6.06. The molecule has 166 valence electrons. The van der Waals surface area contributed by atoms with Crippen molar-refractivity contribution in [3.8, 4) is 11.5 Å². The highest BCUT2D eigenvalue weighted by atomic mass is 19.1. The molecule has 9 heteroatoms. The molecule has 2 aromatic rings. The molecule has 1 aromatic carbocycles. The Labute approximate surface area is 181 Å². The molecule has 2 aliphatic rings. The van der Waals surface area contributed by atoms with E-state index in [2.05, 4.69) is 34.2 Å². The van der Waals surface area contributed by atoms with Crippen molar-refractivity contribution in [2.24, 2.45) is 0 Å². The fourth-order valence-electron chi connectivity index (χ4n) is 3.99. The summed E-state index contributed by atoms with van der Waals surface area (Å²) in [6.45, 7) is 3.66. The first-order valence-electron chi connectivity index (χ1n) is 10.5. The minimum atomic E-state index is -0.543. The standard InChI is InChI=1S/C22H29FN6O2/c1-27(2)16-13-29(14-16)15-6-9-28(10-7-15)22(30)26-21-12-18(5-8-25-21)31-17-3-4-20(24)19(23)11-17/h3-5,8,11-12,15-16H,6-7,9-10,13-14,24H2,1-2H3,(H,25,26,30). The number of benzene rings is 1. The summed E-state index contributed by atoms with van der Waals surface area (Å²) >= 11 is 0. The summed E-state index contributed by atoms with van der Waals surface area (Å²) in [5.74, 6) is 0.609. The lowest BCUT2D eigenvalue weighted by molar-refractivity contribution is 0.00755. The zero-order valence-corrected chi connectivity index (χ0v) is 17.9. The molecule has 0 atom stereocenters. The van der Waals surface area contributed by atoms with Crippen molar-refractivity contribution in [3.05, 3.63) is 42.3 Å². The highest BCUT2D eigenvalue weighted by molar-refractivity contribution is 5.88. The summed E-state index contributed by atoms with van der Waals surface area (Å²) in [6, 6.07) is 8.53. The third-order valence-electron chi connectivity index (χ3n) is 6.06. The smallest absolute Gasteiger partial charge is 0.323 e. The number of nitrogens with two attached hydrogens (primary N) is 1. The van der Waals surface area contributed by atoms with Crippen LogP contribution in [0.4, 0.5) is 20.7 Å². The number of likely N-dealkylation sites (N-methyl/N-ethyl adjacent to an activating group) is 1. The van der Waals surface area contributed by atoms with Crippen LogP contribution in [0.3, 0.4) is 0 Å². The van der Waals surface area contributed by atoms with E-state index in [4.69, 9.17) is 10.5 Å². The zero-order chi connectivity index (χ0) is 22.0. The fourth-order valence-corrected chi connectivity index (χ4v) is 3.99. The van der Waals surface area contributed by atoms with E-state index < -0.39 is 5.82 Å². The number of piperidine rings is 1. The largest absolute Gasteiger partial charge is 0.457 e. The Balaban J connectivity index is 1.28. The Hall–Kier alpha value is -2.91. The minimum absolute atomic E-state index is 0.0606. The number of halogens is 1. The number of pyridine rings is 1. The van der Waals surface area contributed by atoms with Crippen molar-refractivity contribution in [2.45, 2.75) is 24.9 Å². The predicted molar refractivity (Wildman–Crippen MR) is 118 cm³/mol. The molecule has 1 aromatic heterocycles. The number of carbonyl (C=O) groups is 1. The molecule has 3 heterocycles. The second-order valence-electron chi connectivity index (χ2n) is 8.38. The molecule has 2 fully saturated rings. The van der Waals surface area contributed by atoms with Crippen molar-refractivity contribution in [1.82, 2.24) is 19.7 Å². The number of hydrogen-bond donors (Lipinski definition) is 2. The highest BCUT2D eigenvalue weighted by Gasteiger charge is 2.35. The second kappa shape index (κ2) is 9.07. The van der Waals surface area contributed by atoms with E-state index in [0.717, 1.165) is 39.0 Å². The number of nitrogens with zero attached hydrogens (tertiary/aromatic N) is 4. The van der Waals surface area contributed by atoms with Crippen LogP contribution in [-0.2, 0) is 0 Å². The van der Waals surface area contributed by atoms with Crippen molar-refractivity contribution >= 4 is 17.5 Å². The monoisotopic (exact) mass is 428 g/mol. The molecule has 2 amide bonds. The Morgan fingerprint density at radius 1 is 1.19 bits per heavy atom. The number of carbonyl (C=O) groups excluding carboxylic acids is 1. The first kappa shape index (κ1) is 21.3. The summed E-state index contributed by atoms with van der Waals surface area (Å²) in [5.41, 5.74) is 5.55. The van der Waals surface area contributed by atoms with Crippen LogP contribution in [0.1, 0.15) is 12.8 Å². The molecule has 0 saturated carbocycles. The summed E-state index contributed by atoms with van der Waals surface area (Å²) < 4.78 is 19.3. The summed E-state index contributed by atoms with van der Waals surface area (Å²) in [5, 5.41) is 2.83. The van der Waals surface area contributed by atoms with E-state index in [1.165, 1.54) is 18.3 Å². The van der Waals surface area contributed by atoms with E-state index in [0.29, 0.717) is 29.4 Å². The van der Waals surface area contributed by atoms with Gasteiger partial charge in [0.25, 0.3) is 0 Å². The van der Waals surface area contributed by atoms with Crippen LogP contribution in [0.2, 0.25) is 0 Å². The third kappa shape index (κ3) is 5.05. The van der Waals surface area contributed by atoms with Crippen LogP contribution >= 0.6 is 0 Å². The lowest BCUT2D eigenvalue weighted by Crippen LogP contribution is -2.62. The summed E-state index contributed by atoms with van der Waals surface area (Å²) in [4.78, 5) is 23.5. The SMILES string of the molecule is CN(C)C1CN(C2CCN(C(=O)Nc3cc(Oc4ccc(N)c(F)c4)ccn3)CC2)C1. The van der Waals surface area contributed by atoms with E-state index in [1.807, 2.05) is 4.90 Å². The van der Waals surface area contributed by atoms with Crippen LogP contribution in [-0.4, -0.2) is 78.1 Å². The molecule has 31 heavy (non-hydrogen) atoms. The molecule has 8 nitrogen and oxygen atoms in total. The molecule has 0 radical (unpaired) electrons. The second-order valence-corrected chi connectivity index (χ2v) is 8.38. The van der Waals surface area contributed by atoms with E-state index in [1.54, 1.807) is 18.2 Å². The van der Waals surface area contributed by atoms with Crippen LogP contribution in [0.25, 0.3) is 0 Å². The maximum absolute atomic E-state index is 13.6. The van der Waals surface area contributed by atoms with Crippen LogP contribution < -0.4 is 15.8 Å². The Bertz CT molecular complexity index is 926. The number of urea groups is 1. The average Bonchev–Trinajstić information content (AvgIpc) is 2.70. The number of hydrogen-bond acceptors (Lipinski definition) is 6. The Morgan fingerprint density at radius 2 is 1.90 bits per heavy atom. The lowest BCUT2D eigenvalue weighted by Gasteiger charge is -2.49. The van der Waals surface area contributed by atoms with Gasteiger partial charge in [0.05, 0.1) is 5.69 Å². The van der Waals surface area contributed by atoms with Gasteiger partial charge in [-0.2, -0.15) is 0 Å². The van der Waals surface area contributed by atoms with E-state index in [-0.39, 0.29) is 11.7 Å². The molecule has 0 spiro atoms. The van der Waals surface area contributed by atoms with E-state index in [9.17, 15) is 9.18 Å². The number of nitrogens with one attached hydrogen (secondary N) is 1. The van der Waals surface area contributed by atoms with Gasteiger partial charge < -0.3 is 20.3 Å². The van der Waals surface area contributed by atoms with Gasteiger partial charge in [-0.25, -0.2) is 14.2 Å². The number of rotatable bonds is 5. The van der Waals surface area contributed by atoms with Crippen LogP contribution in [0, 0.1) is 5.82 Å². The average molecular weight is 429 g/mol. The van der Waals surface area contributed by atoms with Gasteiger partial charge in [-0.15, -0.1) is 0 Å². The maximum atomic E-state index is 13.6. The molecule has 2 saturated heterocycles. The van der Waals surface area contributed by atoms with Gasteiger partial charge in [-0.3, -0.25) is 10.2 Å². The highest BCUT2D eigenvalue weighted by Crippen LogP contribution is 2.26. The van der Waals surface area contributed by atoms with Crippen LogP contribution in [0.15, 0.2) is 36.5 Å². The van der Waals surface area contributed by atoms with Gasteiger partial charge in [0, 0.05) is 56.6 Å². The van der Waals surface area contributed by atoms with Crippen molar-refractivity contribution in [2.75, 3.05) is 51.3 Å². The van der Waals surface area contributed by atoms with Crippen LogP contribution in [0.5, 0.6) is 11.5 Å². The molecular formula is C22H29FN6O2. The number of amides is 2. The number of aromatic nitrogens is 1. The number of nitrogen functional groups attached to an aromatic ring is 1. The quantitative estimate of drug-likeness (QED) is 0.713. The molecule has 0 aliphatic carbocycles.